The van der Waals surface area contributed by atoms with Crippen LogP contribution in [0.5, 0.6) is 0 Å². The van der Waals surface area contributed by atoms with Gasteiger partial charge in [0.15, 0.2) is 5.95 Å². The summed E-state index contributed by atoms with van der Waals surface area (Å²) in [6.07, 6.45) is 1.86. The van der Waals surface area contributed by atoms with E-state index in [1.165, 1.54) is 15.6 Å². The molecule has 0 aliphatic carbocycles. The van der Waals surface area contributed by atoms with Crippen LogP contribution in [0.25, 0.3) is 21.3 Å². The maximum absolute atomic E-state index is 4.24. The molecular formula is C12H11N3S. The van der Waals surface area contributed by atoms with Gasteiger partial charge in [0.2, 0.25) is 0 Å². The van der Waals surface area contributed by atoms with Gasteiger partial charge in [-0.2, -0.15) is 0 Å². The van der Waals surface area contributed by atoms with Gasteiger partial charge < -0.3 is 10.3 Å². The lowest BCUT2D eigenvalue weighted by atomic mass is 10.1. The molecule has 3 rings (SSSR count). The number of hydrogen-bond acceptors (Lipinski definition) is 3. The summed E-state index contributed by atoms with van der Waals surface area (Å²) >= 11 is 1.76. The molecular weight excluding hydrogens is 218 g/mol. The number of nitrogens with zero attached hydrogens (tertiary/aromatic N) is 1. The van der Waals surface area contributed by atoms with Gasteiger partial charge in [-0.05, 0) is 6.07 Å². The lowest BCUT2D eigenvalue weighted by Crippen LogP contribution is -1.88. The highest BCUT2D eigenvalue weighted by Gasteiger charge is 2.07. The van der Waals surface area contributed by atoms with Crippen molar-refractivity contribution < 1.29 is 0 Å². The number of hydrogen-bond donors (Lipinski definition) is 2. The summed E-state index contributed by atoms with van der Waals surface area (Å²) in [6.45, 7) is 0. The second-order valence-corrected chi connectivity index (χ2v) is 4.45. The molecule has 0 bridgehead atoms. The Morgan fingerprint density at radius 1 is 1.31 bits per heavy atom. The van der Waals surface area contributed by atoms with E-state index in [0.717, 1.165) is 11.6 Å². The van der Waals surface area contributed by atoms with Crippen molar-refractivity contribution in [2.45, 2.75) is 0 Å². The Bertz CT molecular complexity index is 624. The van der Waals surface area contributed by atoms with Crippen LogP contribution in [0.15, 0.2) is 35.8 Å². The Morgan fingerprint density at radius 3 is 3.00 bits per heavy atom. The van der Waals surface area contributed by atoms with E-state index in [1.807, 2.05) is 13.2 Å². The lowest BCUT2D eigenvalue weighted by molar-refractivity contribution is 1.26. The van der Waals surface area contributed by atoms with Crippen LogP contribution >= 0.6 is 11.3 Å². The summed E-state index contributed by atoms with van der Waals surface area (Å²) in [4.78, 5) is 7.48. The molecule has 0 saturated heterocycles. The molecule has 0 amide bonds. The minimum atomic E-state index is 0.797. The minimum absolute atomic E-state index is 0.797. The first-order valence-corrected chi connectivity index (χ1v) is 5.96. The fourth-order valence-corrected chi connectivity index (χ4v) is 2.73. The predicted molar refractivity (Wildman–Crippen MR) is 69.0 cm³/mol. The third-order valence-electron chi connectivity index (χ3n) is 2.58. The van der Waals surface area contributed by atoms with E-state index in [2.05, 4.69) is 44.9 Å². The van der Waals surface area contributed by atoms with Crippen LogP contribution in [0.1, 0.15) is 0 Å². The third-order valence-corrected chi connectivity index (χ3v) is 3.55. The first kappa shape index (κ1) is 9.42. The highest BCUT2D eigenvalue weighted by Crippen LogP contribution is 2.32. The number of rotatable bonds is 2. The maximum atomic E-state index is 4.24. The molecule has 2 N–H and O–H groups in total. The molecule has 0 unspecified atom stereocenters. The molecule has 0 atom stereocenters. The van der Waals surface area contributed by atoms with Crippen molar-refractivity contribution in [3.8, 4) is 11.3 Å². The first-order valence-electron chi connectivity index (χ1n) is 5.08. The Hall–Kier alpha value is -1.81. The number of H-pyrrole nitrogens is 1. The molecule has 2 aromatic heterocycles. The zero-order valence-electron chi connectivity index (χ0n) is 8.82. The van der Waals surface area contributed by atoms with Crippen LogP contribution in [-0.2, 0) is 0 Å². The van der Waals surface area contributed by atoms with Gasteiger partial charge in [0.1, 0.15) is 0 Å². The molecule has 2 heterocycles. The van der Waals surface area contributed by atoms with Crippen molar-refractivity contribution in [2.75, 3.05) is 12.4 Å². The molecule has 0 saturated carbocycles. The SMILES string of the molecule is CNc1ncc(-c2csc3ccccc23)[nH]1. The average Bonchev–Trinajstić information content (AvgIpc) is 2.94. The minimum Gasteiger partial charge on any atom is -0.359 e. The quantitative estimate of drug-likeness (QED) is 0.707. The van der Waals surface area contributed by atoms with E-state index >= 15 is 0 Å². The number of benzene rings is 1. The topological polar surface area (TPSA) is 40.7 Å². The summed E-state index contributed by atoms with van der Waals surface area (Å²) in [5, 5.41) is 6.44. The molecule has 0 aliphatic heterocycles. The normalized spacial score (nSPS) is 10.8. The van der Waals surface area contributed by atoms with Crippen LogP contribution in [-0.4, -0.2) is 17.0 Å². The molecule has 4 heteroatoms. The smallest absolute Gasteiger partial charge is 0.200 e. The molecule has 0 spiro atoms. The van der Waals surface area contributed by atoms with Crippen molar-refractivity contribution in [3.05, 3.63) is 35.8 Å². The number of aromatic amines is 1. The standard InChI is InChI=1S/C12H11N3S/c1-13-12-14-6-10(15-12)9-7-16-11-5-3-2-4-8(9)11/h2-7H,1H3,(H2,13,14,15). The number of aromatic nitrogens is 2. The van der Waals surface area contributed by atoms with Gasteiger partial charge in [0, 0.05) is 28.1 Å². The Kier molecular flexibility index (Phi) is 2.15. The number of anilines is 1. The van der Waals surface area contributed by atoms with E-state index in [0.29, 0.717) is 0 Å². The van der Waals surface area contributed by atoms with Crippen molar-refractivity contribution in [3.63, 3.8) is 0 Å². The van der Waals surface area contributed by atoms with Gasteiger partial charge in [0.25, 0.3) is 0 Å². The molecule has 0 aliphatic rings. The molecule has 3 nitrogen and oxygen atoms in total. The summed E-state index contributed by atoms with van der Waals surface area (Å²) in [7, 11) is 1.86. The van der Waals surface area contributed by atoms with Gasteiger partial charge in [-0.25, -0.2) is 4.98 Å². The lowest BCUT2D eigenvalue weighted by Gasteiger charge is -1.95. The van der Waals surface area contributed by atoms with Crippen LogP contribution < -0.4 is 5.32 Å². The fraction of sp³-hybridized carbons (Fsp3) is 0.0833. The van der Waals surface area contributed by atoms with Gasteiger partial charge in [0.05, 0.1) is 11.9 Å². The van der Waals surface area contributed by atoms with Crippen molar-refractivity contribution in [2.24, 2.45) is 0 Å². The number of nitrogens with one attached hydrogen (secondary N) is 2. The molecule has 0 fully saturated rings. The van der Waals surface area contributed by atoms with Gasteiger partial charge in [-0.3, -0.25) is 0 Å². The van der Waals surface area contributed by atoms with Crippen LogP contribution in [0, 0.1) is 0 Å². The summed E-state index contributed by atoms with van der Waals surface area (Å²) in [6, 6.07) is 8.41. The van der Waals surface area contributed by atoms with E-state index < -0.39 is 0 Å². The van der Waals surface area contributed by atoms with E-state index in [9.17, 15) is 0 Å². The van der Waals surface area contributed by atoms with Crippen molar-refractivity contribution in [1.82, 2.24) is 9.97 Å². The molecule has 16 heavy (non-hydrogen) atoms. The highest BCUT2D eigenvalue weighted by molar-refractivity contribution is 7.17. The maximum Gasteiger partial charge on any atom is 0.200 e. The second kappa shape index (κ2) is 3.64. The second-order valence-electron chi connectivity index (χ2n) is 3.54. The van der Waals surface area contributed by atoms with E-state index in [-0.39, 0.29) is 0 Å². The Balaban J connectivity index is 2.18. The number of thiophene rings is 1. The van der Waals surface area contributed by atoms with Crippen LogP contribution in [0.4, 0.5) is 5.95 Å². The van der Waals surface area contributed by atoms with Gasteiger partial charge >= 0.3 is 0 Å². The number of imidazole rings is 1. The van der Waals surface area contributed by atoms with Crippen LogP contribution in [0.2, 0.25) is 0 Å². The Morgan fingerprint density at radius 2 is 2.19 bits per heavy atom. The zero-order chi connectivity index (χ0) is 11.0. The average molecular weight is 229 g/mol. The summed E-state index contributed by atoms with van der Waals surface area (Å²) < 4.78 is 1.30. The third kappa shape index (κ3) is 1.39. The first-order chi connectivity index (χ1) is 7.88. The van der Waals surface area contributed by atoms with Gasteiger partial charge in [-0.1, -0.05) is 18.2 Å². The fourth-order valence-electron chi connectivity index (χ4n) is 1.77. The molecule has 3 aromatic rings. The molecule has 1 aromatic carbocycles. The molecule has 0 radical (unpaired) electrons. The van der Waals surface area contributed by atoms with E-state index in [4.69, 9.17) is 0 Å². The van der Waals surface area contributed by atoms with Crippen LogP contribution in [0.3, 0.4) is 0 Å². The summed E-state index contributed by atoms with van der Waals surface area (Å²) in [5.74, 6) is 0.797. The van der Waals surface area contributed by atoms with Crippen molar-refractivity contribution >= 4 is 27.4 Å². The zero-order valence-corrected chi connectivity index (χ0v) is 9.64. The Labute approximate surface area is 97.2 Å². The summed E-state index contributed by atoms with van der Waals surface area (Å²) in [5.41, 5.74) is 2.27. The van der Waals surface area contributed by atoms with E-state index in [1.54, 1.807) is 11.3 Å². The van der Waals surface area contributed by atoms with Crippen molar-refractivity contribution in [1.29, 1.82) is 0 Å². The highest BCUT2D eigenvalue weighted by atomic mass is 32.1. The number of fused-ring (bicyclic) bond motifs is 1. The monoisotopic (exact) mass is 229 g/mol. The molecule has 80 valence electrons. The largest absolute Gasteiger partial charge is 0.359 e. The van der Waals surface area contributed by atoms with Gasteiger partial charge in [-0.15, -0.1) is 11.3 Å². The predicted octanol–water partition coefficient (Wildman–Crippen LogP) is 3.33.